The molecule has 0 unspecified atom stereocenters. The van der Waals surface area contributed by atoms with E-state index in [0.717, 1.165) is 4.90 Å². The molecule has 1 aromatic heterocycles. The van der Waals surface area contributed by atoms with Gasteiger partial charge in [-0.2, -0.15) is 0 Å². The van der Waals surface area contributed by atoms with Gasteiger partial charge in [0.1, 0.15) is 0 Å². The van der Waals surface area contributed by atoms with Crippen LogP contribution in [0.5, 0.6) is 0 Å². The lowest BCUT2D eigenvalue weighted by atomic mass is 10.4. The van der Waals surface area contributed by atoms with Gasteiger partial charge in [-0.3, -0.25) is 4.63 Å². The summed E-state index contributed by atoms with van der Waals surface area (Å²) in [5.74, 6) is 0.572. The predicted octanol–water partition coefficient (Wildman–Crippen LogP) is 1.91. The second kappa shape index (κ2) is 4.35. The summed E-state index contributed by atoms with van der Waals surface area (Å²) in [6, 6.07) is 9.90. The fraction of sp³-hybridized carbons (Fsp3) is 0.200. The Morgan fingerprint density at radius 2 is 2.13 bits per heavy atom. The van der Waals surface area contributed by atoms with Crippen LogP contribution in [0.4, 0.5) is 0 Å². The number of benzene rings is 1. The van der Waals surface area contributed by atoms with Crippen LogP contribution in [0.2, 0.25) is 0 Å². The predicted molar refractivity (Wildman–Crippen MR) is 56.2 cm³/mol. The smallest absolute Gasteiger partial charge is 0.219 e. The topological polar surface area (TPSA) is 53.0 Å². The van der Waals surface area contributed by atoms with E-state index in [2.05, 4.69) is 9.79 Å². The maximum Gasteiger partial charge on any atom is 0.219 e. The lowest BCUT2D eigenvalue weighted by molar-refractivity contribution is -0.807. The van der Waals surface area contributed by atoms with E-state index in [1.807, 2.05) is 30.3 Å². The van der Waals surface area contributed by atoms with Crippen LogP contribution in [0.3, 0.4) is 0 Å². The lowest BCUT2D eigenvalue weighted by Gasteiger charge is -1.98. The summed E-state index contributed by atoms with van der Waals surface area (Å²) in [5.41, 5.74) is 1.22. The Kier molecular flexibility index (Phi) is 2.91. The molecule has 2 aromatic rings. The Hall–Kier alpha value is -1.49. The largest absolute Gasteiger partial charge is 0.359 e. The minimum atomic E-state index is 0.464. The fourth-order valence-electron chi connectivity index (χ4n) is 1.16. The van der Waals surface area contributed by atoms with Crippen molar-refractivity contribution in [1.82, 2.24) is 5.16 Å². The van der Waals surface area contributed by atoms with Crippen molar-refractivity contribution in [2.45, 2.75) is 17.6 Å². The van der Waals surface area contributed by atoms with Crippen molar-refractivity contribution in [1.29, 1.82) is 0 Å². The van der Waals surface area contributed by atoms with Gasteiger partial charge in [0.05, 0.1) is 5.75 Å². The molecule has 0 saturated carbocycles. The molecule has 1 aromatic carbocycles. The van der Waals surface area contributed by atoms with Gasteiger partial charge in [0.15, 0.2) is 0 Å². The van der Waals surface area contributed by atoms with Gasteiger partial charge in [0, 0.05) is 17.0 Å². The summed E-state index contributed by atoms with van der Waals surface area (Å²) in [4.78, 5) is 1.59. The van der Waals surface area contributed by atoms with Crippen molar-refractivity contribution >= 4 is 11.8 Å². The Balaban J connectivity index is 2.05. The van der Waals surface area contributed by atoms with Crippen LogP contribution in [-0.4, -0.2) is 5.16 Å². The third-order valence-corrected chi connectivity index (χ3v) is 3.03. The van der Waals surface area contributed by atoms with Crippen molar-refractivity contribution in [3.63, 3.8) is 0 Å². The molecule has 2 rings (SSSR count). The third kappa shape index (κ3) is 2.30. The Bertz CT molecular complexity index is 422. The summed E-state index contributed by atoms with van der Waals surface area (Å²) in [6.07, 6.45) is 0. The van der Waals surface area contributed by atoms with Crippen LogP contribution in [0.25, 0.3) is 0 Å². The van der Waals surface area contributed by atoms with Crippen LogP contribution in [0.1, 0.15) is 11.4 Å². The van der Waals surface area contributed by atoms with E-state index in [9.17, 15) is 5.21 Å². The highest BCUT2D eigenvalue weighted by atomic mass is 32.2. The van der Waals surface area contributed by atoms with Crippen molar-refractivity contribution < 1.29 is 9.53 Å². The molecule has 0 bridgehead atoms. The molecule has 0 saturated heterocycles. The van der Waals surface area contributed by atoms with E-state index in [4.69, 9.17) is 0 Å². The number of aromatic nitrogens is 2. The maximum atomic E-state index is 11.1. The second-order valence-electron chi connectivity index (χ2n) is 3.06. The van der Waals surface area contributed by atoms with Crippen LogP contribution in [-0.2, 0) is 5.75 Å². The van der Waals surface area contributed by atoms with E-state index in [-0.39, 0.29) is 0 Å². The third-order valence-electron chi connectivity index (χ3n) is 2.01. The Morgan fingerprint density at radius 1 is 1.40 bits per heavy atom. The van der Waals surface area contributed by atoms with E-state index < -0.39 is 0 Å². The molecule has 78 valence electrons. The first-order valence-electron chi connectivity index (χ1n) is 4.50. The van der Waals surface area contributed by atoms with Gasteiger partial charge in [-0.05, 0) is 17.0 Å². The van der Waals surface area contributed by atoms with E-state index in [1.165, 1.54) is 0 Å². The van der Waals surface area contributed by atoms with Crippen LogP contribution in [0.15, 0.2) is 39.9 Å². The molecule has 0 atom stereocenters. The van der Waals surface area contributed by atoms with Gasteiger partial charge in [0.2, 0.25) is 11.4 Å². The zero-order chi connectivity index (χ0) is 10.7. The van der Waals surface area contributed by atoms with Gasteiger partial charge < -0.3 is 5.21 Å². The molecule has 0 aliphatic rings. The normalized spacial score (nSPS) is 10.5. The number of aryl methyl sites for hydroxylation is 1. The van der Waals surface area contributed by atoms with Crippen molar-refractivity contribution in [3.8, 4) is 0 Å². The first-order chi connectivity index (χ1) is 7.27. The standard InChI is InChI=1S/C10H10N2O2S/c1-8-10(12(13)14-11-8)7-15-9-5-3-2-4-6-9/h2-6H,7H2,1H3. The minimum absolute atomic E-state index is 0.464. The Labute approximate surface area is 91.4 Å². The van der Waals surface area contributed by atoms with Crippen molar-refractivity contribution in [2.75, 3.05) is 0 Å². The zero-order valence-corrected chi connectivity index (χ0v) is 9.03. The van der Waals surface area contributed by atoms with E-state index in [1.54, 1.807) is 18.7 Å². The summed E-state index contributed by atoms with van der Waals surface area (Å²) in [6.45, 7) is 1.76. The van der Waals surface area contributed by atoms with E-state index >= 15 is 0 Å². The molecule has 0 amide bonds. The molecule has 0 spiro atoms. The second-order valence-corrected chi connectivity index (χ2v) is 4.11. The number of hydrogen-bond acceptors (Lipinski definition) is 4. The average Bonchev–Trinajstić information content (AvgIpc) is 2.58. The molecule has 0 radical (unpaired) electrons. The number of thioether (sulfide) groups is 1. The molecule has 0 aliphatic carbocycles. The zero-order valence-electron chi connectivity index (χ0n) is 8.21. The molecule has 0 aliphatic heterocycles. The number of nitrogens with zero attached hydrogens (tertiary/aromatic N) is 2. The highest BCUT2D eigenvalue weighted by Crippen LogP contribution is 2.21. The van der Waals surface area contributed by atoms with Gasteiger partial charge in [-0.1, -0.05) is 18.2 Å². The first kappa shape index (κ1) is 10.0. The lowest BCUT2D eigenvalue weighted by Crippen LogP contribution is -2.27. The van der Waals surface area contributed by atoms with Crippen LogP contribution < -0.4 is 4.90 Å². The highest BCUT2D eigenvalue weighted by molar-refractivity contribution is 7.98. The fourth-order valence-corrected chi connectivity index (χ4v) is 2.13. The van der Waals surface area contributed by atoms with Gasteiger partial charge in [-0.25, -0.2) is 0 Å². The summed E-state index contributed by atoms with van der Waals surface area (Å²) in [7, 11) is 0. The van der Waals surface area contributed by atoms with Crippen LogP contribution in [0, 0.1) is 12.1 Å². The van der Waals surface area contributed by atoms with Crippen LogP contribution >= 0.6 is 11.8 Å². The molecule has 15 heavy (non-hydrogen) atoms. The first-order valence-corrected chi connectivity index (χ1v) is 5.49. The molecular formula is C10H10N2O2S. The summed E-state index contributed by atoms with van der Waals surface area (Å²) >= 11 is 1.59. The number of hydrogen-bond donors (Lipinski definition) is 0. The monoisotopic (exact) mass is 222 g/mol. The van der Waals surface area contributed by atoms with E-state index in [0.29, 0.717) is 22.0 Å². The maximum absolute atomic E-state index is 11.1. The molecule has 0 N–H and O–H groups in total. The minimum Gasteiger partial charge on any atom is -0.359 e. The van der Waals surface area contributed by atoms with Gasteiger partial charge in [0.25, 0.3) is 0 Å². The number of rotatable bonds is 3. The average molecular weight is 222 g/mol. The summed E-state index contributed by atoms with van der Waals surface area (Å²) in [5, 5.41) is 14.7. The highest BCUT2D eigenvalue weighted by Gasteiger charge is 2.14. The van der Waals surface area contributed by atoms with Crippen molar-refractivity contribution in [3.05, 3.63) is 46.9 Å². The van der Waals surface area contributed by atoms with Gasteiger partial charge >= 0.3 is 0 Å². The molecule has 5 heteroatoms. The SMILES string of the molecule is Cc1no[n+]([O-])c1CSc1ccccc1. The quantitative estimate of drug-likeness (QED) is 0.588. The molecular weight excluding hydrogens is 212 g/mol. The molecule has 1 heterocycles. The molecule has 0 fully saturated rings. The van der Waals surface area contributed by atoms with Crippen molar-refractivity contribution in [2.24, 2.45) is 0 Å². The summed E-state index contributed by atoms with van der Waals surface area (Å²) < 4.78 is 4.48. The van der Waals surface area contributed by atoms with Gasteiger partial charge in [-0.15, -0.1) is 11.8 Å². The Morgan fingerprint density at radius 3 is 2.73 bits per heavy atom. The molecule has 4 nitrogen and oxygen atoms in total.